The Hall–Kier alpha value is -7.62. The summed E-state index contributed by atoms with van der Waals surface area (Å²) in [5, 5.41) is 18.5. The van der Waals surface area contributed by atoms with E-state index in [1.54, 1.807) is 54.6 Å². The van der Waals surface area contributed by atoms with Crippen LogP contribution < -0.4 is 70.6 Å². The number of methoxy groups -OCH3 is 1. The van der Waals surface area contributed by atoms with Gasteiger partial charge in [0.25, 0.3) is 0 Å². The Balaban J connectivity index is 1.53. The van der Waals surface area contributed by atoms with Gasteiger partial charge in [-0.05, 0) is 68.2 Å². The molecule has 28 heteroatoms. The van der Waals surface area contributed by atoms with Crippen LogP contribution in [-0.2, 0) is 65.6 Å². The lowest BCUT2D eigenvalue weighted by atomic mass is 9.85. The predicted octanol–water partition coefficient (Wildman–Crippen LogP) is -2.34. The fraction of sp³-hybridized carbons (Fsp3) is 0.538. The molecular formula is C52H74N14O12S2. The van der Waals surface area contributed by atoms with Crippen LogP contribution in [0.3, 0.4) is 0 Å². The van der Waals surface area contributed by atoms with Crippen molar-refractivity contribution < 1.29 is 57.5 Å². The number of primary amides is 3. The van der Waals surface area contributed by atoms with Crippen LogP contribution in [0.15, 0.2) is 59.6 Å². The lowest BCUT2D eigenvalue weighted by Gasteiger charge is -2.37. The Labute approximate surface area is 471 Å². The summed E-state index contributed by atoms with van der Waals surface area (Å²) in [6.07, 6.45) is 2.41. The maximum Gasteiger partial charge on any atom is 0.246 e. The minimum atomic E-state index is -1.77. The van der Waals surface area contributed by atoms with E-state index in [4.69, 9.17) is 33.4 Å². The SMILES string of the molecule is COc1ccc(CC2NC(=O)CC3(CCCCC3)SSCC(C(=O)N3CCC[C@H]3C(=O)N[C@@H](CCCN=C(N)N)C(=O)NCC(N)=O)NC(=O)[C@H](CC(N)=O)NC(=O)[C@H](CCC(N)=O)NC(=O)C(Cc3ccccc3)NC2=O)cc1. The third kappa shape index (κ3) is 20.2. The summed E-state index contributed by atoms with van der Waals surface area (Å²) < 4.78 is 4.59. The van der Waals surface area contributed by atoms with E-state index in [1.807, 2.05) is 0 Å². The van der Waals surface area contributed by atoms with Gasteiger partial charge in [0, 0.05) is 49.3 Å². The summed E-state index contributed by atoms with van der Waals surface area (Å²) in [4.78, 5) is 156. The van der Waals surface area contributed by atoms with Gasteiger partial charge in [-0.1, -0.05) is 83.3 Å². The Morgan fingerprint density at radius 2 is 1.35 bits per heavy atom. The number of benzene rings is 2. The highest BCUT2D eigenvalue weighted by atomic mass is 33.1. The average molecular weight is 1150 g/mol. The molecule has 2 aromatic carbocycles. The number of hydrogen-bond acceptors (Lipinski definition) is 15. The lowest BCUT2D eigenvalue weighted by Crippen LogP contribution is -2.61. The van der Waals surface area contributed by atoms with Crippen molar-refractivity contribution >= 4 is 92.5 Å². The van der Waals surface area contributed by atoms with E-state index in [-0.39, 0.29) is 63.3 Å². The van der Waals surface area contributed by atoms with E-state index in [0.717, 1.165) is 19.3 Å². The molecule has 0 aromatic heterocycles. The molecular weight excluding hydrogens is 1080 g/mol. The number of carbonyl (C=O) groups excluding carboxylic acids is 11. The van der Waals surface area contributed by atoms with Crippen molar-refractivity contribution in [3.05, 3.63) is 65.7 Å². The van der Waals surface area contributed by atoms with E-state index in [9.17, 15) is 52.7 Å². The Morgan fingerprint density at radius 3 is 1.98 bits per heavy atom. The van der Waals surface area contributed by atoms with Crippen LogP contribution in [0, 0.1) is 0 Å². The van der Waals surface area contributed by atoms with Crippen LogP contribution >= 0.6 is 21.6 Å². The second-order valence-electron chi connectivity index (χ2n) is 20.0. The highest BCUT2D eigenvalue weighted by Gasteiger charge is 2.42. The number of carbonyl (C=O) groups is 11. The molecule has 5 rings (SSSR count). The second-order valence-corrected chi connectivity index (χ2v) is 22.8. The van der Waals surface area contributed by atoms with Gasteiger partial charge in [0.05, 0.1) is 20.1 Å². The van der Waals surface area contributed by atoms with Crippen molar-refractivity contribution in [3.63, 3.8) is 0 Å². The largest absolute Gasteiger partial charge is 0.497 e. The number of likely N-dealkylation sites (tertiary alicyclic amines) is 1. The quantitative estimate of drug-likeness (QED) is 0.0286. The highest BCUT2D eigenvalue weighted by molar-refractivity contribution is 8.77. The monoisotopic (exact) mass is 1150 g/mol. The minimum Gasteiger partial charge on any atom is -0.497 e. The van der Waals surface area contributed by atoms with Crippen LogP contribution in [0.1, 0.15) is 94.6 Å². The number of nitrogens with zero attached hydrogens (tertiary/aromatic N) is 2. The first-order valence-electron chi connectivity index (χ1n) is 26.4. The summed E-state index contributed by atoms with van der Waals surface area (Å²) in [7, 11) is 4.02. The zero-order valence-electron chi connectivity index (χ0n) is 44.7. The summed E-state index contributed by atoms with van der Waals surface area (Å²) in [5.41, 5.74) is 28.5. The Kier molecular flexibility index (Phi) is 24.7. The smallest absolute Gasteiger partial charge is 0.246 e. The molecule has 80 heavy (non-hydrogen) atoms. The first-order valence-corrected chi connectivity index (χ1v) is 28.7. The number of rotatable bonds is 20. The molecule has 1 spiro atoms. The number of ether oxygens (including phenoxy) is 1. The maximum absolute atomic E-state index is 15.0. The van der Waals surface area contributed by atoms with Gasteiger partial charge in [0.15, 0.2) is 5.96 Å². The van der Waals surface area contributed by atoms with Gasteiger partial charge in [-0.3, -0.25) is 57.7 Å². The van der Waals surface area contributed by atoms with E-state index in [2.05, 4.69) is 42.2 Å². The first-order chi connectivity index (χ1) is 38.1. The molecule has 1 aliphatic carbocycles. The molecule has 3 fully saturated rings. The van der Waals surface area contributed by atoms with Crippen molar-refractivity contribution in [2.75, 3.05) is 32.5 Å². The fourth-order valence-corrected chi connectivity index (χ4v) is 13.0. The third-order valence-corrected chi connectivity index (χ3v) is 17.0. The summed E-state index contributed by atoms with van der Waals surface area (Å²) in [6, 6.07) is 5.70. The second kappa shape index (κ2) is 31.2. The zero-order chi connectivity index (χ0) is 58.4. The number of nitrogens with two attached hydrogens (primary N) is 5. The van der Waals surface area contributed by atoms with Crippen molar-refractivity contribution in [1.82, 2.24) is 42.1 Å². The number of hydrogen-bond donors (Lipinski definition) is 12. The normalized spacial score (nSPS) is 22.6. The number of guanidine groups is 1. The maximum atomic E-state index is 15.0. The molecule has 3 unspecified atom stereocenters. The van der Waals surface area contributed by atoms with E-state index >= 15 is 0 Å². The van der Waals surface area contributed by atoms with Crippen LogP contribution in [0.25, 0.3) is 0 Å². The van der Waals surface area contributed by atoms with Gasteiger partial charge >= 0.3 is 0 Å². The van der Waals surface area contributed by atoms with Gasteiger partial charge in [0.2, 0.25) is 65.0 Å². The zero-order valence-corrected chi connectivity index (χ0v) is 46.3. The minimum absolute atomic E-state index is 0.0113. The van der Waals surface area contributed by atoms with Gasteiger partial charge in [-0.15, -0.1) is 0 Å². The van der Waals surface area contributed by atoms with Crippen LogP contribution in [-0.4, -0.2) is 155 Å². The van der Waals surface area contributed by atoms with E-state index < -0.39 is 138 Å². The molecule has 0 radical (unpaired) electrons. The van der Waals surface area contributed by atoms with Crippen LogP contribution in [0.2, 0.25) is 0 Å². The standard InChI is InChI=1S/C52H74N14O12S2/c1-78-32-16-14-31(15-17-32)25-35-46(73)63-36(24-30-10-4-2-5-11-30)47(74)61-34(18-19-40(53)67)45(72)64-37(26-41(54)68)48(75)65-38(29-79-80-52(27-43(70)60-35)20-6-3-7-21-52)50(77)66-23-9-13-39(66)49(76)62-33(12-8-22-58-51(56)57)44(71)59-28-42(55)69/h2,4-5,10-11,14-17,33-39H,3,6-9,12-13,18-29H2,1H3,(H2,53,67)(H2,54,68)(H2,55,69)(H,59,71)(H,60,70)(H,61,74)(H,62,76)(H,63,73)(H,64,72)(H,65,75)(H4,56,57,58)/t33-,34-,35?,36?,37-,38?,39-/m0/s1. The molecule has 2 saturated heterocycles. The van der Waals surface area contributed by atoms with Gasteiger partial charge < -0.3 is 75.5 Å². The third-order valence-electron chi connectivity index (χ3n) is 13.7. The van der Waals surface area contributed by atoms with E-state index in [0.29, 0.717) is 36.1 Å². The summed E-state index contributed by atoms with van der Waals surface area (Å²) in [5.74, 6) is -8.92. The predicted molar refractivity (Wildman–Crippen MR) is 298 cm³/mol. The van der Waals surface area contributed by atoms with Gasteiger partial charge in [-0.2, -0.15) is 0 Å². The van der Waals surface area contributed by atoms with Crippen molar-refractivity contribution in [3.8, 4) is 5.75 Å². The molecule has 436 valence electrons. The summed E-state index contributed by atoms with van der Waals surface area (Å²) in [6.45, 7) is -0.382. The van der Waals surface area contributed by atoms with Crippen LogP contribution in [0.5, 0.6) is 5.75 Å². The molecule has 1 saturated carbocycles. The fourth-order valence-electron chi connectivity index (χ4n) is 9.59. The molecule has 17 N–H and O–H groups in total. The number of nitrogens with one attached hydrogen (secondary N) is 7. The Morgan fingerprint density at radius 1 is 0.738 bits per heavy atom. The number of amides is 11. The molecule has 26 nitrogen and oxygen atoms in total. The summed E-state index contributed by atoms with van der Waals surface area (Å²) >= 11 is 0. The molecule has 2 aliphatic heterocycles. The van der Waals surface area contributed by atoms with Crippen LogP contribution in [0.4, 0.5) is 0 Å². The first kappa shape index (κ1) is 63.2. The molecule has 2 heterocycles. The molecule has 7 atom stereocenters. The molecule has 2 aromatic rings. The van der Waals surface area contributed by atoms with Crippen molar-refractivity contribution in [2.45, 2.75) is 143 Å². The Bertz CT molecular complexity index is 2570. The average Bonchev–Trinajstić information content (AvgIpc) is 3.95. The van der Waals surface area contributed by atoms with Gasteiger partial charge in [0.1, 0.15) is 48.0 Å². The van der Waals surface area contributed by atoms with E-state index in [1.165, 1.54) is 33.6 Å². The topological polar surface area (TPSA) is 427 Å². The van der Waals surface area contributed by atoms with Crippen molar-refractivity contribution in [1.29, 1.82) is 0 Å². The lowest BCUT2D eigenvalue weighted by molar-refractivity contribution is -0.142. The van der Waals surface area contributed by atoms with Crippen molar-refractivity contribution in [2.24, 2.45) is 33.7 Å². The highest BCUT2D eigenvalue weighted by Crippen LogP contribution is 2.48. The van der Waals surface area contributed by atoms with Gasteiger partial charge in [-0.25, -0.2) is 0 Å². The molecule has 3 aliphatic rings. The number of aliphatic imine (C=N–C) groups is 1. The molecule has 11 amide bonds. The molecule has 0 bridgehead atoms.